The number of nitrogens with zero attached hydrogens (tertiary/aromatic N) is 2. The number of thioether (sulfide) groups is 1. The third kappa shape index (κ3) is 5.09. The molecule has 0 spiro atoms. The smallest absolute Gasteiger partial charge is 0.305 e. The fourth-order valence-electron chi connectivity index (χ4n) is 2.02. The topological polar surface area (TPSA) is 100 Å². The summed E-state index contributed by atoms with van der Waals surface area (Å²) in [5.41, 5.74) is 1.86. The number of carbonyl (C=O) groups excluding carboxylic acids is 1. The Morgan fingerprint density at radius 1 is 1.50 bits per heavy atom. The van der Waals surface area contributed by atoms with Gasteiger partial charge >= 0.3 is 5.97 Å². The number of aliphatic carboxylic acids is 1. The van der Waals surface area contributed by atoms with Gasteiger partial charge in [0.05, 0.1) is 19.2 Å². The van der Waals surface area contributed by atoms with Crippen molar-refractivity contribution in [2.75, 3.05) is 6.61 Å². The lowest BCUT2D eigenvalue weighted by atomic mass is 10.1. The minimum atomic E-state index is -1.02. The Morgan fingerprint density at radius 3 is 2.96 bits per heavy atom. The molecule has 1 aliphatic rings. The molecular formula is C16H19N3O4S. The van der Waals surface area contributed by atoms with E-state index in [0.717, 1.165) is 35.1 Å². The first-order valence-corrected chi connectivity index (χ1v) is 8.41. The first kappa shape index (κ1) is 18.0. The van der Waals surface area contributed by atoms with Gasteiger partial charge < -0.3 is 15.2 Å². The maximum atomic E-state index is 11.6. The summed E-state index contributed by atoms with van der Waals surface area (Å²) in [4.78, 5) is 22.2. The van der Waals surface area contributed by atoms with Crippen LogP contribution in [0.1, 0.15) is 30.9 Å². The predicted molar refractivity (Wildman–Crippen MR) is 93.8 cm³/mol. The van der Waals surface area contributed by atoms with Crippen LogP contribution >= 0.6 is 11.8 Å². The van der Waals surface area contributed by atoms with E-state index in [0.29, 0.717) is 11.8 Å². The molecule has 1 fully saturated rings. The first-order chi connectivity index (χ1) is 11.5. The van der Waals surface area contributed by atoms with Crippen LogP contribution in [0.5, 0.6) is 5.75 Å². The quantitative estimate of drug-likeness (QED) is 0.580. The van der Waals surface area contributed by atoms with Gasteiger partial charge in [-0.1, -0.05) is 18.7 Å². The number of amidine groups is 1. The van der Waals surface area contributed by atoms with Crippen LogP contribution in [0.15, 0.2) is 28.4 Å². The molecule has 1 aromatic carbocycles. The van der Waals surface area contributed by atoms with E-state index in [1.165, 1.54) is 0 Å². The number of amides is 1. The molecule has 1 amide bonds. The van der Waals surface area contributed by atoms with E-state index in [-0.39, 0.29) is 12.3 Å². The van der Waals surface area contributed by atoms with Gasteiger partial charge in [-0.25, -0.2) is 0 Å². The molecule has 1 saturated heterocycles. The molecule has 0 aromatic heterocycles. The van der Waals surface area contributed by atoms with Crippen molar-refractivity contribution >= 4 is 35.0 Å². The Labute approximate surface area is 144 Å². The molecule has 1 heterocycles. The van der Waals surface area contributed by atoms with Gasteiger partial charge in [0.25, 0.3) is 0 Å². The summed E-state index contributed by atoms with van der Waals surface area (Å²) in [5.74, 6) is -0.534. The number of hydrogen-bond donors (Lipinski definition) is 2. The van der Waals surface area contributed by atoms with E-state index in [1.807, 2.05) is 25.1 Å². The Bertz CT molecular complexity index is 688. The summed E-state index contributed by atoms with van der Waals surface area (Å²) < 4.78 is 5.61. The van der Waals surface area contributed by atoms with Crippen LogP contribution in [0, 0.1) is 6.92 Å². The lowest BCUT2D eigenvalue weighted by Crippen LogP contribution is -2.26. The van der Waals surface area contributed by atoms with Gasteiger partial charge in [0, 0.05) is 0 Å². The van der Waals surface area contributed by atoms with Crippen molar-refractivity contribution in [1.29, 1.82) is 0 Å². The highest BCUT2D eigenvalue weighted by Gasteiger charge is 2.32. The fourth-order valence-corrected chi connectivity index (χ4v) is 2.94. The van der Waals surface area contributed by atoms with Crippen LogP contribution in [0.25, 0.3) is 0 Å². The van der Waals surface area contributed by atoms with E-state index < -0.39 is 11.2 Å². The van der Waals surface area contributed by atoms with E-state index >= 15 is 0 Å². The molecule has 1 unspecified atom stereocenters. The van der Waals surface area contributed by atoms with E-state index in [2.05, 4.69) is 22.4 Å². The molecule has 1 aliphatic heterocycles. The summed E-state index contributed by atoms with van der Waals surface area (Å²) in [7, 11) is 0. The normalized spacial score (nSPS) is 19.0. The van der Waals surface area contributed by atoms with Crippen LogP contribution < -0.4 is 10.1 Å². The number of nitrogens with one attached hydrogen (secondary N) is 1. The number of aryl methyl sites for hydroxylation is 1. The van der Waals surface area contributed by atoms with E-state index in [1.54, 1.807) is 6.21 Å². The SMILES string of the molecule is CCCOc1ccc(C=NN=C2NC(=O)C(CC(=O)O)S2)cc1C. The first-order valence-electron chi connectivity index (χ1n) is 7.53. The second-order valence-corrected chi connectivity index (χ2v) is 6.41. The summed E-state index contributed by atoms with van der Waals surface area (Å²) in [6.45, 7) is 4.69. The molecule has 0 bridgehead atoms. The standard InChI is InChI=1S/C16H19N3O4S/c1-3-6-23-12-5-4-11(7-10(12)2)9-17-19-16-18-15(22)13(24-16)8-14(20)21/h4-5,7,9,13H,3,6,8H2,1-2H3,(H,20,21)(H,18,19,22). The highest BCUT2D eigenvalue weighted by molar-refractivity contribution is 8.15. The van der Waals surface area contributed by atoms with Gasteiger partial charge in [-0.2, -0.15) is 5.10 Å². The summed E-state index contributed by atoms with van der Waals surface area (Å²) in [6.07, 6.45) is 2.28. The van der Waals surface area contributed by atoms with Crippen molar-refractivity contribution in [3.05, 3.63) is 29.3 Å². The minimum absolute atomic E-state index is 0.238. The maximum absolute atomic E-state index is 11.6. The Morgan fingerprint density at radius 2 is 2.29 bits per heavy atom. The highest BCUT2D eigenvalue weighted by Crippen LogP contribution is 2.22. The lowest BCUT2D eigenvalue weighted by Gasteiger charge is -2.08. The molecule has 24 heavy (non-hydrogen) atoms. The van der Waals surface area contributed by atoms with Gasteiger partial charge in [-0.15, -0.1) is 5.10 Å². The average Bonchev–Trinajstić information content (AvgIpc) is 2.85. The second kappa shape index (κ2) is 8.49. The molecule has 2 rings (SSSR count). The van der Waals surface area contributed by atoms with Gasteiger partial charge in [0.15, 0.2) is 5.17 Å². The molecule has 1 atom stereocenters. The molecule has 0 aliphatic carbocycles. The lowest BCUT2D eigenvalue weighted by molar-refractivity contribution is -0.138. The number of benzene rings is 1. The van der Waals surface area contributed by atoms with Crippen LogP contribution in [0.3, 0.4) is 0 Å². The maximum Gasteiger partial charge on any atom is 0.305 e. The zero-order valence-electron chi connectivity index (χ0n) is 13.5. The molecule has 1 aromatic rings. The Hall–Kier alpha value is -2.35. The highest BCUT2D eigenvalue weighted by atomic mass is 32.2. The summed E-state index contributed by atoms with van der Waals surface area (Å²) >= 11 is 1.07. The number of carboxylic acids is 1. The second-order valence-electron chi connectivity index (χ2n) is 5.22. The Kier molecular flexibility index (Phi) is 6.36. The predicted octanol–water partition coefficient (Wildman–Crippen LogP) is 2.18. The Balaban J connectivity index is 1.97. The molecule has 128 valence electrons. The molecule has 8 heteroatoms. The van der Waals surface area contributed by atoms with Crippen LogP contribution in [-0.4, -0.2) is 40.2 Å². The van der Waals surface area contributed by atoms with Crippen LogP contribution in [-0.2, 0) is 9.59 Å². The van der Waals surface area contributed by atoms with Gasteiger partial charge in [0.2, 0.25) is 5.91 Å². The number of rotatable bonds is 7. The monoisotopic (exact) mass is 349 g/mol. The molecule has 0 saturated carbocycles. The number of hydrogen-bond acceptors (Lipinski definition) is 6. The van der Waals surface area contributed by atoms with E-state index in [9.17, 15) is 9.59 Å². The van der Waals surface area contributed by atoms with Crippen molar-refractivity contribution in [3.8, 4) is 5.75 Å². The molecular weight excluding hydrogens is 330 g/mol. The third-order valence-corrected chi connectivity index (χ3v) is 4.22. The number of carboxylic acid groups (broad SMARTS) is 1. The van der Waals surface area contributed by atoms with Crippen molar-refractivity contribution < 1.29 is 19.4 Å². The third-order valence-electron chi connectivity index (χ3n) is 3.15. The summed E-state index contributed by atoms with van der Waals surface area (Å²) in [6, 6.07) is 5.69. The van der Waals surface area contributed by atoms with Crippen molar-refractivity contribution in [1.82, 2.24) is 5.32 Å². The van der Waals surface area contributed by atoms with Crippen LogP contribution in [0.2, 0.25) is 0 Å². The van der Waals surface area contributed by atoms with Crippen molar-refractivity contribution in [2.45, 2.75) is 31.9 Å². The fraction of sp³-hybridized carbons (Fsp3) is 0.375. The molecule has 2 N–H and O–H groups in total. The zero-order valence-corrected chi connectivity index (χ0v) is 14.3. The van der Waals surface area contributed by atoms with Crippen molar-refractivity contribution in [3.63, 3.8) is 0 Å². The largest absolute Gasteiger partial charge is 0.493 e. The number of carbonyl (C=O) groups is 2. The van der Waals surface area contributed by atoms with Gasteiger partial charge in [-0.3, -0.25) is 9.59 Å². The minimum Gasteiger partial charge on any atom is -0.493 e. The molecule has 0 radical (unpaired) electrons. The van der Waals surface area contributed by atoms with Gasteiger partial charge in [0.1, 0.15) is 11.0 Å². The van der Waals surface area contributed by atoms with Crippen LogP contribution in [0.4, 0.5) is 0 Å². The molecule has 7 nitrogen and oxygen atoms in total. The average molecular weight is 349 g/mol. The number of ether oxygens (including phenoxy) is 1. The zero-order chi connectivity index (χ0) is 17.5. The van der Waals surface area contributed by atoms with Gasteiger partial charge in [-0.05, 0) is 42.7 Å². The van der Waals surface area contributed by atoms with Crippen molar-refractivity contribution in [2.24, 2.45) is 10.2 Å². The van der Waals surface area contributed by atoms with E-state index in [4.69, 9.17) is 9.84 Å². The summed E-state index contributed by atoms with van der Waals surface area (Å²) in [5, 5.41) is 18.8.